The number of hydrogen-bond acceptors (Lipinski definition) is 4. The summed E-state index contributed by atoms with van der Waals surface area (Å²) in [6.45, 7) is 3.34. The maximum Gasteiger partial charge on any atom is 0.336 e. The molecule has 0 radical (unpaired) electrons. The summed E-state index contributed by atoms with van der Waals surface area (Å²) in [6, 6.07) is 13.2. The molecule has 0 atom stereocenters. The standard InChI is InChI=1S/C21H22ClNO3/c1-4-14-5-7-18-15(11-21(24)26-20(18)9-14)12-23(2)13-16-10-17(22)6-8-19(16)25-3/h5-11H,4,12-13H2,1-3H3. The second-order valence-electron chi connectivity index (χ2n) is 6.40. The summed E-state index contributed by atoms with van der Waals surface area (Å²) in [5.74, 6) is 0.797. The van der Waals surface area contributed by atoms with Crippen LogP contribution in [0.4, 0.5) is 0 Å². The molecule has 0 amide bonds. The molecule has 0 N–H and O–H groups in total. The predicted octanol–water partition coefficient (Wildman–Crippen LogP) is 4.65. The van der Waals surface area contributed by atoms with Gasteiger partial charge < -0.3 is 9.15 Å². The molecule has 3 rings (SSSR count). The van der Waals surface area contributed by atoms with E-state index in [1.165, 1.54) is 0 Å². The van der Waals surface area contributed by atoms with Crippen molar-refractivity contribution in [2.75, 3.05) is 14.2 Å². The summed E-state index contributed by atoms with van der Waals surface area (Å²) < 4.78 is 10.8. The van der Waals surface area contributed by atoms with E-state index in [9.17, 15) is 4.79 Å². The van der Waals surface area contributed by atoms with Gasteiger partial charge in [0.1, 0.15) is 11.3 Å². The molecule has 0 aliphatic carbocycles. The van der Waals surface area contributed by atoms with Crippen LogP contribution >= 0.6 is 11.6 Å². The molecule has 2 aromatic carbocycles. The molecule has 0 unspecified atom stereocenters. The van der Waals surface area contributed by atoms with Crippen LogP contribution in [-0.4, -0.2) is 19.1 Å². The highest BCUT2D eigenvalue weighted by atomic mass is 35.5. The molecular formula is C21H22ClNO3. The SMILES string of the molecule is CCc1ccc2c(CN(C)Cc3cc(Cl)ccc3OC)cc(=O)oc2c1. The van der Waals surface area contributed by atoms with Gasteiger partial charge in [-0.25, -0.2) is 4.79 Å². The van der Waals surface area contributed by atoms with Crippen LogP contribution in [0.5, 0.6) is 5.75 Å². The maximum absolute atomic E-state index is 12.0. The number of ether oxygens (including phenoxy) is 1. The van der Waals surface area contributed by atoms with E-state index in [1.54, 1.807) is 13.2 Å². The van der Waals surface area contributed by atoms with Crippen molar-refractivity contribution in [3.63, 3.8) is 0 Å². The Morgan fingerprint density at radius 2 is 1.85 bits per heavy atom. The van der Waals surface area contributed by atoms with Gasteiger partial charge in [-0.2, -0.15) is 0 Å². The number of nitrogens with zero attached hydrogens (tertiary/aromatic N) is 1. The molecule has 0 fully saturated rings. The van der Waals surface area contributed by atoms with Crippen molar-refractivity contribution in [3.8, 4) is 5.75 Å². The van der Waals surface area contributed by atoms with Crippen molar-refractivity contribution < 1.29 is 9.15 Å². The Bertz CT molecular complexity index is 981. The first-order chi connectivity index (χ1) is 12.5. The fraction of sp³-hybridized carbons (Fsp3) is 0.286. The fourth-order valence-electron chi connectivity index (χ4n) is 3.13. The van der Waals surface area contributed by atoms with E-state index >= 15 is 0 Å². The first kappa shape index (κ1) is 18.5. The lowest BCUT2D eigenvalue weighted by molar-refractivity contribution is 0.310. The topological polar surface area (TPSA) is 42.7 Å². The van der Waals surface area contributed by atoms with Gasteiger partial charge in [-0.15, -0.1) is 0 Å². The highest BCUT2D eigenvalue weighted by Crippen LogP contribution is 2.25. The van der Waals surface area contributed by atoms with Crippen LogP contribution in [-0.2, 0) is 19.5 Å². The van der Waals surface area contributed by atoms with E-state index in [0.717, 1.165) is 34.2 Å². The van der Waals surface area contributed by atoms with Gasteiger partial charge in [-0.3, -0.25) is 4.90 Å². The third kappa shape index (κ3) is 4.09. The van der Waals surface area contributed by atoms with Gasteiger partial charge in [-0.1, -0.05) is 30.7 Å². The number of benzene rings is 2. The molecular weight excluding hydrogens is 350 g/mol. The molecule has 1 aromatic heterocycles. The molecule has 5 heteroatoms. The Balaban J connectivity index is 1.89. The zero-order valence-corrected chi connectivity index (χ0v) is 16.0. The molecule has 0 aliphatic heterocycles. The predicted molar refractivity (Wildman–Crippen MR) is 105 cm³/mol. The third-order valence-corrected chi connectivity index (χ3v) is 4.66. The van der Waals surface area contributed by atoms with Gasteiger partial charge in [0, 0.05) is 35.1 Å². The molecule has 4 nitrogen and oxygen atoms in total. The lowest BCUT2D eigenvalue weighted by Crippen LogP contribution is -2.19. The van der Waals surface area contributed by atoms with Crippen molar-refractivity contribution in [1.29, 1.82) is 0 Å². The summed E-state index contributed by atoms with van der Waals surface area (Å²) in [6.07, 6.45) is 0.901. The number of fused-ring (bicyclic) bond motifs is 1. The van der Waals surface area contributed by atoms with E-state index in [0.29, 0.717) is 23.7 Å². The zero-order valence-electron chi connectivity index (χ0n) is 15.2. The molecule has 0 aliphatic rings. The Morgan fingerprint density at radius 1 is 1.08 bits per heavy atom. The van der Waals surface area contributed by atoms with Gasteiger partial charge in [0.25, 0.3) is 0 Å². The van der Waals surface area contributed by atoms with Gasteiger partial charge in [0.2, 0.25) is 0 Å². The second-order valence-corrected chi connectivity index (χ2v) is 6.84. The Morgan fingerprint density at radius 3 is 2.58 bits per heavy atom. The Kier molecular flexibility index (Phi) is 5.64. The minimum atomic E-state index is -0.325. The first-order valence-corrected chi connectivity index (χ1v) is 8.94. The number of halogens is 1. The van der Waals surface area contributed by atoms with E-state index < -0.39 is 0 Å². The van der Waals surface area contributed by atoms with Crippen molar-refractivity contribution in [2.45, 2.75) is 26.4 Å². The minimum absolute atomic E-state index is 0.325. The van der Waals surface area contributed by atoms with Crippen molar-refractivity contribution >= 4 is 22.6 Å². The van der Waals surface area contributed by atoms with Gasteiger partial charge >= 0.3 is 5.63 Å². The van der Waals surface area contributed by atoms with Crippen molar-refractivity contribution in [3.05, 3.63) is 74.6 Å². The highest BCUT2D eigenvalue weighted by Gasteiger charge is 2.12. The fourth-order valence-corrected chi connectivity index (χ4v) is 3.33. The van der Waals surface area contributed by atoms with Crippen LogP contribution in [0.3, 0.4) is 0 Å². The molecule has 0 spiro atoms. The molecule has 136 valence electrons. The normalized spacial score (nSPS) is 11.3. The summed E-state index contributed by atoms with van der Waals surface area (Å²) >= 11 is 6.12. The molecule has 0 bridgehead atoms. The first-order valence-electron chi connectivity index (χ1n) is 8.56. The van der Waals surface area contributed by atoms with Crippen LogP contribution in [0, 0.1) is 0 Å². The zero-order chi connectivity index (χ0) is 18.7. The third-order valence-electron chi connectivity index (χ3n) is 4.43. The van der Waals surface area contributed by atoms with Gasteiger partial charge in [0.15, 0.2) is 0 Å². The maximum atomic E-state index is 12.0. The number of hydrogen-bond donors (Lipinski definition) is 0. The lowest BCUT2D eigenvalue weighted by Gasteiger charge is -2.19. The van der Waals surface area contributed by atoms with E-state index in [1.807, 2.05) is 37.4 Å². The lowest BCUT2D eigenvalue weighted by atomic mass is 10.1. The van der Waals surface area contributed by atoms with Crippen LogP contribution in [0.15, 0.2) is 51.7 Å². The largest absolute Gasteiger partial charge is 0.496 e. The van der Waals surface area contributed by atoms with Crippen LogP contribution < -0.4 is 10.4 Å². The molecule has 0 saturated carbocycles. The monoisotopic (exact) mass is 371 g/mol. The Labute approximate surface area is 158 Å². The van der Waals surface area contributed by atoms with Crippen molar-refractivity contribution in [1.82, 2.24) is 4.90 Å². The van der Waals surface area contributed by atoms with E-state index in [4.69, 9.17) is 20.8 Å². The highest BCUT2D eigenvalue weighted by molar-refractivity contribution is 6.30. The van der Waals surface area contributed by atoms with Gasteiger partial charge in [0.05, 0.1) is 7.11 Å². The van der Waals surface area contributed by atoms with Crippen LogP contribution in [0.25, 0.3) is 11.0 Å². The van der Waals surface area contributed by atoms with Crippen molar-refractivity contribution in [2.24, 2.45) is 0 Å². The molecule has 0 saturated heterocycles. The summed E-state index contributed by atoms with van der Waals surface area (Å²) in [5.41, 5.74) is 3.41. The van der Waals surface area contributed by atoms with Crippen LogP contribution in [0.2, 0.25) is 5.02 Å². The summed E-state index contributed by atoms with van der Waals surface area (Å²) in [4.78, 5) is 14.1. The van der Waals surface area contributed by atoms with E-state index in [-0.39, 0.29) is 5.63 Å². The summed E-state index contributed by atoms with van der Waals surface area (Å²) in [7, 11) is 3.65. The number of rotatable bonds is 6. The van der Waals surface area contributed by atoms with Crippen LogP contribution in [0.1, 0.15) is 23.6 Å². The Hall–Kier alpha value is -2.30. The molecule has 26 heavy (non-hydrogen) atoms. The van der Waals surface area contributed by atoms with E-state index in [2.05, 4.69) is 17.9 Å². The quantitative estimate of drug-likeness (QED) is 0.591. The second kappa shape index (κ2) is 7.94. The molecule has 3 aromatic rings. The van der Waals surface area contributed by atoms with Gasteiger partial charge in [-0.05, 0) is 48.9 Å². The minimum Gasteiger partial charge on any atom is -0.496 e. The summed E-state index contributed by atoms with van der Waals surface area (Å²) in [5, 5.41) is 1.64. The average Bonchev–Trinajstić information content (AvgIpc) is 2.61. The average molecular weight is 372 g/mol. The number of methoxy groups -OCH3 is 1. The molecule has 1 heterocycles. The smallest absolute Gasteiger partial charge is 0.336 e. The number of aryl methyl sites for hydroxylation is 1.